The van der Waals surface area contributed by atoms with Gasteiger partial charge in [-0.3, -0.25) is 9.69 Å². The molecule has 4 rings (SSSR count). The highest BCUT2D eigenvalue weighted by molar-refractivity contribution is 6.30. The number of halogens is 2. The lowest BCUT2D eigenvalue weighted by Crippen LogP contribution is -2.57. The van der Waals surface area contributed by atoms with Gasteiger partial charge in [0.05, 0.1) is 25.9 Å². The number of benzene rings is 2. The zero-order valence-electron chi connectivity index (χ0n) is 22.7. The summed E-state index contributed by atoms with van der Waals surface area (Å²) in [4.78, 5) is 31.6. The minimum Gasteiger partial charge on any atom is -0.464 e. The minimum atomic E-state index is -0.733. The number of morpholine rings is 2. The molecule has 2 aliphatic rings. The van der Waals surface area contributed by atoms with E-state index in [1.807, 2.05) is 43.3 Å². The Morgan fingerprint density at radius 3 is 2.21 bits per heavy atom. The van der Waals surface area contributed by atoms with E-state index < -0.39 is 30.3 Å². The second-order valence-electron chi connectivity index (χ2n) is 9.99. The molecule has 0 aliphatic carbocycles. The van der Waals surface area contributed by atoms with Crippen LogP contribution in [0.1, 0.15) is 62.8 Å². The molecule has 7 nitrogen and oxygen atoms in total. The maximum absolute atomic E-state index is 14.2. The van der Waals surface area contributed by atoms with Crippen LogP contribution in [0.25, 0.3) is 0 Å². The van der Waals surface area contributed by atoms with E-state index in [-0.39, 0.29) is 12.5 Å². The Kier molecular flexibility index (Phi) is 11.1. The molecule has 0 bridgehead atoms. The molecule has 2 heterocycles. The molecule has 2 aromatic carbocycles. The lowest BCUT2D eigenvalue weighted by Gasteiger charge is -2.47. The Balaban J connectivity index is 1.72. The van der Waals surface area contributed by atoms with Gasteiger partial charge in [0, 0.05) is 23.1 Å². The van der Waals surface area contributed by atoms with E-state index >= 15 is 0 Å². The van der Waals surface area contributed by atoms with E-state index in [4.69, 9.17) is 37.4 Å². The van der Waals surface area contributed by atoms with Crippen molar-refractivity contribution in [1.82, 2.24) is 9.80 Å². The fourth-order valence-corrected chi connectivity index (χ4v) is 5.67. The zero-order valence-corrected chi connectivity index (χ0v) is 24.2. The summed E-state index contributed by atoms with van der Waals surface area (Å²) in [5, 5.41) is 1.20. The van der Waals surface area contributed by atoms with Crippen molar-refractivity contribution in [2.45, 2.75) is 63.8 Å². The maximum atomic E-state index is 14.2. The highest BCUT2D eigenvalue weighted by Crippen LogP contribution is 2.45. The van der Waals surface area contributed by atoms with E-state index in [1.165, 1.54) is 0 Å². The van der Waals surface area contributed by atoms with E-state index in [2.05, 4.69) is 4.90 Å². The first-order chi connectivity index (χ1) is 18.9. The van der Waals surface area contributed by atoms with Crippen LogP contribution >= 0.6 is 23.2 Å². The number of hydrogen-bond donors (Lipinski definition) is 0. The lowest BCUT2D eigenvalue weighted by atomic mass is 9.89. The number of esters is 1. The number of carbonyl (C=O) groups is 2. The van der Waals surface area contributed by atoms with Crippen LogP contribution in [0, 0.1) is 0 Å². The average molecular weight is 578 g/mol. The Morgan fingerprint density at radius 2 is 1.62 bits per heavy atom. The van der Waals surface area contributed by atoms with Crippen LogP contribution < -0.4 is 0 Å². The van der Waals surface area contributed by atoms with Crippen molar-refractivity contribution in [2.75, 3.05) is 39.5 Å². The highest BCUT2D eigenvalue weighted by atomic mass is 35.5. The summed E-state index contributed by atoms with van der Waals surface area (Å²) in [6.45, 7) is 8.12. The standard InChI is InChI=1S/C30H38Cl2N2O5/c1-3-6-25(30(36)38-4-2)34-27(21-8-12-23(31)13-9-21)28(22-10-14-24(32)15-11-22)39-26(29(34)35)7-5-16-33-17-19-37-20-18-33/h8-15,25-28H,3-7,16-20H2,1-2H3/t25-,26+,27-,28+/m1/s1. The Hall–Kier alpha value is -2.16. The van der Waals surface area contributed by atoms with E-state index in [0.29, 0.717) is 22.9 Å². The van der Waals surface area contributed by atoms with E-state index in [9.17, 15) is 9.59 Å². The van der Waals surface area contributed by atoms with Gasteiger partial charge in [0.1, 0.15) is 18.2 Å². The molecule has 9 heteroatoms. The third-order valence-corrected chi connectivity index (χ3v) is 7.84. The topological polar surface area (TPSA) is 68.3 Å². The highest BCUT2D eigenvalue weighted by Gasteiger charge is 2.48. The summed E-state index contributed by atoms with van der Waals surface area (Å²) in [5.74, 6) is -0.580. The van der Waals surface area contributed by atoms with Crippen molar-refractivity contribution in [1.29, 1.82) is 0 Å². The van der Waals surface area contributed by atoms with Crippen molar-refractivity contribution < 1.29 is 23.8 Å². The smallest absolute Gasteiger partial charge is 0.328 e. The molecule has 4 atom stereocenters. The minimum absolute atomic E-state index is 0.186. The van der Waals surface area contributed by atoms with Gasteiger partial charge in [-0.05, 0) is 68.1 Å². The summed E-state index contributed by atoms with van der Waals surface area (Å²) in [6, 6.07) is 13.6. The number of nitrogens with zero attached hydrogens (tertiary/aromatic N) is 2. The molecule has 0 N–H and O–H groups in total. The molecule has 0 aromatic heterocycles. The van der Waals surface area contributed by atoms with Crippen molar-refractivity contribution in [3.8, 4) is 0 Å². The molecule has 2 aliphatic heterocycles. The second kappa shape index (κ2) is 14.5. The Labute approximate surface area is 241 Å². The van der Waals surface area contributed by atoms with Gasteiger partial charge >= 0.3 is 5.97 Å². The van der Waals surface area contributed by atoms with Gasteiger partial charge in [-0.2, -0.15) is 0 Å². The summed E-state index contributed by atoms with van der Waals surface area (Å²) in [7, 11) is 0. The molecular formula is C30H38Cl2N2O5. The van der Waals surface area contributed by atoms with E-state index in [1.54, 1.807) is 24.0 Å². The number of rotatable bonds is 11. The van der Waals surface area contributed by atoms with Crippen molar-refractivity contribution in [2.24, 2.45) is 0 Å². The van der Waals surface area contributed by atoms with Gasteiger partial charge in [0.2, 0.25) is 0 Å². The molecular weight excluding hydrogens is 539 g/mol. The summed E-state index contributed by atoms with van der Waals surface area (Å²) >= 11 is 12.4. The van der Waals surface area contributed by atoms with Crippen LogP contribution in [0.4, 0.5) is 0 Å². The van der Waals surface area contributed by atoms with Gasteiger partial charge in [0.25, 0.3) is 5.91 Å². The molecule has 2 aromatic rings. The molecule has 2 saturated heterocycles. The quantitative estimate of drug-likeness (QED) is 0.313. The van der Waals surface area contributed by atoms with Crippen LogP contribution in [-0.4, -0.2) is 73.3 Å². The normalized spacial score (nSPS) is 23.0. The monoisotopic (exact) mass is 576 g/mol. The first kappa shape index (κ1) is 29.8. The molecule has 0 spiro atoms. The largest absolute Gasteiger partial charge is 0.464 e. The molecule has 39 heavy (non-hydrogen) atoms. The van der Waals surface area contributed by atoms with Gasteiger partial charge in [-0.15, -0.1) is 0 Å². The van der Waals surface area contributed by atoms with E-state index in [0.717, 1.165) is 56.8 Å². The van der Waals surface area contributed by atoms with Crippen LogP contribution in [0.15, 0.2) is 48.5 Å². The average Bonchev–Trinajstić information content (AvgIpc) is 2.94. The van der Waals surface area contributed by atoms with Crippen molar-refractivity contribution >= 4 is 35.1 Å². The van der Waals surface area contributed by atoms with Gasteiger partial charge in [-0.25, -0.2) is 4.79 Å². The summed E-state index contributed by atoms with van der Waals surface area (Å²) < 4.78 is 17.6. The SMILES string of the molecule is CCC[C@H](C(=O)OCC)N1C(=O)[C@H](CCCN2CCOCC2)O[C@@H](c2ccc(Cl)cc2)[C@H]1c1ccc(Cl)cc1. The Bertz CT molecular complexity index is 1080. The third kappa shape index (κ3) is 7.53. The van der Waals surface area contributed by atoms with Crippen LogP contribution in [0.3, 0.4) is 0 Å². The van der Waals surface area contributed by atoms with Crippen LogP contribution in [0.5, 0.6) is 0 Å². The molecule has 0 radical (unpaired) electrons. The predicted molar refractivity (Wildman–Crippen MR) is 152 cm³/mol. The zero-order chi connectivity index (χ0) is 27.8. The van der Waals surface area contributed by atoms with Gasteiger partial charge in [-0.1, -0.05) is 60.8 Å². The fourth-order valence-electron chi connectivity index (χ4n) is 5.41. The number of amides is 1. The molecule has 0 unspecified atom stereocenters. The molecule has 0 saturated carbocycles. The third-order valence-electron chi connectivity index (χ3n) is 7.34. The molecule has 1 amide bonds. The van der Waals surface area contributed by atoms with Crippen molar-refractivity contribution in [3.63, 3.8) is 0 Å². The fraction of sp³-hybridized carbons (Fsp3) is 0.533. The maximum Gasteiger partial charge on any atom is 0.328 e. The molecule has 212 valence electrons. The predicted octanol–water partition coefficient (Wildman–Crippen LogP) is 5.85. The molecule has 2 fully saturated rings. The number of carbonyl (C=O) groups excluding carboxylic acids is 2. The first-order valence-corrected chi connectivity index (χ1v) is 14.6. The van der Waals surface area contributed by atoms with Crippen LogP contribution in [0.2, 0.25) is 10.0 Å². The van der Waals surface area contributed by atoms with Crippen LogP contribution in [-0.2, 0) is 23.8 Å². The summed E-state index contributed by atoms with van der Waals surface area (Å²) in [6.07, 6.45) is 1.34. The van der Waals surface area contributed by atoms with Crippen molar-refractivity contribution in [3.05, 3.63) is 69.7 Å². The second-order valence-corrected chi connectivity index (χ2v) is 10.9. The van der Waals surface area contributed by atoms with Gasteiger partial charge < -0.3 is 19.1 Å². The first-order valence-electron chi connectivity index (χ1n) is 13.9. The van der Waals surface area contributed by atoms with Gasteiger partial charge in [0.15, 0.2) is 0 Å². The summed E-state index contributed by atoms with van der Waals surface area (Å²) in [5.41, 5.74) is 1.72. The number of ether oxygens (including phenoxy) is 3. The Morgan fingerprint density at radius 1 is 1.00 bits per heavy atom. The number of hydrogen-bond acceptors (Lipinski definition) is 6. The lowest BCUT2D eigenvalue weighted by molar-refractivity contribution is -0.187.